The van der Waals surface area contributed by atoms with Crippen LogP contribution in [-0.2, 0) is 4.79 Å². The van der Waals surface area contributed by atoms with Crippen molar-refractivity contribution in [2.45, 2.75) is 46.5 Å². The fraction of sp³-hybridized carbons (Fsp3) is 0.405. The van der Waals surface area contributed by atoms with E-state index in [1.54, 1.807) is 10.6 Å². The van der Waals surface area contributed by atoms with E-state index in [0.29, 0.717) is 29.2 Å². The highest BCUT2D eigenvalue weighted by molar-refractivity contribution is 5.92. The number of aromatic hydroxyl groups is 2. The third-order valence-electron chi connectivity index (χ3n) is 9.49. The molecule has 11 heteroatoms. The molecule has 2 aliphatic rings. The summed E-state index contributed by atoms with van der Waals surface area (Å²) in [7, 11) is 0. The number of hydrogen-bond donors (Lipinski definition) is 3. The predicted molar refractivity (Wildman–Crippen MR) is 187 cm³/mol. The van der Waals surface area contributed by atoms with Crippen LogP contribution in [0.25, 0.3) is 17.1 Å². The van der Waals surface area contributed by atoms with Gasteiger partial charge in [-0.2, -0.15) is 0 Å². The molecule has 2 aliphatic heterocycles. The molecule has 252 valence electrons. The van der Waals surface area contributed by atoms with Crippen LogP contribution in [0.5, 0.6) is 11.5 Å². The second-order valence-electron chi connectivity index (χ2n) is 13.1. The summed E-state index contributed by atoms with van der Waals surface area (Å²) in [6.07, 6.45) is 1.60. The molecule has 1 aromatic heterocycles. The number of carbonyl (C=O) groups is 2. The van der Waals surface area contributed by atoms with E-state index in [0.717, 1.165) is 57.8 Å². The van der Waals surface area contributed by atoms with Crippen molar-refractivity contribution in [2.75, 3.05) is 55.6 Å². The van der Waals surface area contributed by atoms with E-state index in [2.05, 4.69) is 56.5 Å². The van der Waals surface area contributed by atoms with Crippen LogP contribution >= 0.6 is 0 Å². The minimum absolute atomic E-state index is 0.00298. The maximum absolute atomic E-state index is 13.5. The van der Waals surface area contributed by atoms with Gasteiger partial charge in [-0.15, -0.1) is 10.2 Å². The number of nitrogens with zero attached hydrogens (tertiary/aromatic N) is 6. The summed E-state index contributed by atoms with van der Waals surface area (Å²) in [5.74, 6) is 0.137. The van der Waals surface area contributed by atoms with Crippen LogP contribution < -0.4 is 15.1 Å². The molecule has 0 aliphatic carbocycles. The molecule has 2 amide bonds. The molecule has 11 nitrogen and oxygen atoms in total. The second kappa shape index (κ2) is 14.0. The molecule has 6 rings (SSSR count). The lowest BCUT2D eigenvalue weighted by atomic mass is 9.94. The zero-order chi connectivity index (χ0) is 33.9. The number of benzene rings is 3. The van der Waals surface area contributed by atoms with Crippen molar-refractivity contribution in [1.82, 2.24) is 25.0 Å². The topological polar surface area (TPSA) is 127 Å². The number of rotatable bonds is 8. The number of amides is 2. The lowest BCUT2D eigenvalue weighted by Crippen LogP contribution is -2.51. The molecule has 0 radical (unpaired) electrons. The van der Waals surface area contributed by atoms with Crippen LogP contribution in [0.4, 0.5) is 11.4 Å². The molecule has 0 saturated carbocycles. The molecule has 2 fully saturated rings. The average Bonchev–Trinajstić information content (AvgIpc) is 3.53. The van der Waals surface area contributed by atoms with Gasteiger partial charge in [-0.1, -0.05) is 26.0 Å². The van der Waals surface area contributed by atoms with Crippen molar-refractivity contribution in [3.8, 4) is 28.6 Å². The largest absolute Gasteiger partial charge is 0.508 e. The first-order chi connectivity index (χ1) is 23.1. The maximum Gasteiger partial charge on any atom is 0.289 e. The first-order valence-corrected chi connectivity index (χ1v) is 16.9. The molecular formula is C37H45N7O4. The molecule has 48 heavy (non-hydrogen) atoms. The van der Waals surface area contributed by atoms with Crippen LogP contribution in [0.15, 0.2) is 60.7 Å². The number of nitrogens with one attached hydrogen (secondary N) is 1. The van der Waals surface area contributed by atoms with Crippen LogP contribution in [0.3, 0.4) is 0 Å². The van der Waals surface area contributed by atoms with Gasteiger partial charge < -0.3 is 30.2 Å². The standard InChI is InChI=1S/C37H45N7O4/c1-5-38-36(47)35-40-39-34(31-22-30(24(2)3)32(45)23-33(31)46)44(35)28-11-9-27(10-12-28)41-15-13-26(14-16-41)37(48)43-19-17-42(18-20-43)29-8-6-7-25(4)21-29/h6-12,21-24,26,45-46H,5,13-20H2,1-4H3,(H,38,47). The Bertz CT molecular complexity index is 1770. The molecule has 4 aromatic rings. The van der Waals surface area contributed by atoms with E-state index < -0.39 is 0 Å². The summed E-state index contributed by atoms with van der Waals surface area (Å²) in [6, 6.07) is 19.4. The molecule has 3 heterocycles. The molecule has 0 unspecified atom stereocenters. The summed E-state index contributed by atoms with van der Waals surface area (Å²) in [5.41, 5.74) is 5.18. The summed E-state index contributed by atoms with van der Waals surface area (Å²) in [5, 5.41) is 32.5. The molecular weight excluding hydrogens is 606 g/mol. The molecule has 3 N–H and O–H groups in total. The lowest BCUT2D eigenvalue weighted by molar-refractivity contribution is -0.136. The normalized spacial score (nSPS) is 15.6. The number of piperidine rings is 1. The Hall–Kier alpha value is -5.06. The van der Waals surface area contributed by atoms with Crippen molar-refractivity contribution >= 4 is 23.2 Å². The van der Waals surface area contributed by atoms with Crippen LogP contribution in [0.1, 0.15) is 61.3 Å². The van der Waals surface area contributed by atoms with E-state index >= 15 is 0 Å². The number of aryl methyl sites for hydroxylation is 1. The first kappa shape index (κ1) is 32.9. The third-order valence-corrected chi connectivity index (χ3v) is 9.49. The van der Waals surface area contributed by atoms with Crippen molar-refractivity contribution in [3.05, 3.63) is 77.6 Å². The van der Waals surface area contributed by atoms with E-state index in [1.165, 1.54) is 17.3 Å². The molecule has 0 bridgehead atoms. The SMILES string of the molecule is CCNC(=O)c1nnc(-c2cc(C(C)C)c(O)cc2O)n1-c1ccc(N2CCC(C(=O)N3CCN(c4cccc(C)c4)CC3)CC2)cc1. The minimum atomic E-state index is -0.383. The lowest BCUT2D eigenvalue weighted by Gasteiger charge is -2.39. The molecule has 0 spiro atoms. The van der Waals surface area contributed by atoms with Crippen LogP contribution in [-0.4, -0.2) is 87.5 Å². The van der Waals surface area contributed by atoms with E-state index in [4.69, 9.17) is 0 Å². The minimum Gasteiger partial charge on any atom is -0.508 e. The number of hydrogen-bond acceptors (Lipinski definition) is 8. The zero-order valence-electron chi connectivity index (χ0n) is 28.2. The Labute approximate surface area is 281 Å². The van der Waals surface area contributed by atoms with Crippen molar-refractivity contribution in [3.63, 3.8) is 0 Å². The van der Waals surface area contributed by atoms with Gasteiger partial charge >= 0.3 is 0 Å². The quantitative estimate of drug-likeness (QED) is 0.241. The molecule has 2 saturated heterocycles. The van der Waals surface area contributed by atoms with Crippen molar-refractivity contribution in [1.29, 1.82) is 0 Å². The number of piperazine rings is 1. The highest BCUT2D eigenvalue weighted by Gasteiger charge is 2.31. The van der Waals surface area contributed by atoms with Crippen LogP contribution in [0, 0.1) is 12.8 Å². The smallest absolute Gasteiger partial charge is 0.289 e. The number of phenolic OH excluding ortho intramolecular Hbond substituents is 2. The van der Waals surface area contributed by atoms with E-state index in [1.807, 2.05) is 49.9 Å². The monoisotopic (exact) mass is 651 g/mol. The van der Waals surface area contributed by atoms with Crippen molar-refractivity contribution in [2.24, 2.45) is 5.92 Å². The van der Waals surface area contributed by atoms with Gasteiger partial charge in [0.25, 0.3) is 5.91 Å². The summed E-state index contributed by atoms with van der Waals surface area (Å²) < 4.78 is 1.63. The van der Waals surface area contributed by atoms with Gasteiger partial charge in [0.05, 0.1) is 5.56 Å². The van der Waals surface area contributed by atoms with Crippen molar-refractivity contribution < 1.29 is 19.8 Å². The second-order valence-corrected chi connectivity index (χ2v) is 13.1. The Balaban J connectivity index is 1.14. The third kappa shape index (κ3) is 6.67. The van der Waals surface area contributed by atoms with E-state index in [-0.39, 0.29) is 41.0 Å². The number of phenols is 2. The summed E-state index contributed by atoms with van der Waals surface area (Å²) in [6.45, 7) is 13.0. The molecule has 3 aromatic carbocycles. The first-order valence-electron chi connectivity index (χ1n) is 16.9. The maximum atomic E-state index is 13.5. The van der Waals surface area contributed by atoms with Crippen LogP contribution in [0.2, 0.25) is 0 Å². The predicted octanol–water partition coefficient (Wildman–Crippen LogP) is 5.09. The number of anilines is 2. The van der Waals surface area contributed by atoms with Gasteiger partial charge in [0, 0.05) is 74.9 Å². The average molecular weight is 652 g/mol. The Morgan fingerprint density at radius 2 is 1.50 bits per heavy atom. The van der Waals surface area contributed by atoms with Gasteiger partial charge in [0.2, 0.25) is 11.7 Å². The highest BCUT2D eigenvalue weighted by Crippen LogP contribution is 2.38. The van der Waals surface area contributed by atoms with Gasteiger partial charge in [0.1, 0.15) is 11.5 Å². The van der Waals surface area contributed by atoms with Gasteiger partial charge in [-0.05, 0) is 86.2 Å². The van der Waals surface area contributed by atoms with Gasteiger partial charge in [0.15, 0.2) is 5.82 Å². The van der Waals surface area contributed by atoms with E-state index in [9.17, 15) is 19.8 Å². The summed E-state index contributed by atoms with van der Waals surface area (Å²) in [4.78, 5) is 33.2. The Morgan fingerprint density at radius 1 is 0.833 bits per heavy atom. The number of aromatic nitrogens is 3. The fourth-order valence-electron chi connectivity index (χ4n) is 6.79. The highest BCUT2D eigenvalue weighted by atomic mass is 16.3. The van der Waals surface area contributed by atoms with Gasteiger partial charge in [-0.25, -0.2) is 0 Å². The van der Waals surface area contributed by atoms with Gasteiger partial charge in [-0.3, -0.25) is 14.2 Å². The Kier molecular flexibility index (Phi) is 9.56. The number of carbonyl (C=O) groups excluding carboxylic acids is 2. The molecule has 0 atom stereocenters. The zero-order valence-corrected chi connectivity index (χ0v) is 28.2. The Morgan fingerprint density at radius 3 is 2.15 bits per heavy atom. The fourth-order valence-corrected chi connectivity index (χ4v) is 6.79. The summed E-state index contributed by atoms with van der Waals surface area (Å²) >= 11 is 0.